The maximum atomic E-state index is 13.2. The molecule has 0 bridgehead atoms. The van der Waals surface area contributed by atoms with Gasteiger partial charge in [-0.2, -0.15) is 0 Å². The van der Waals surface area contributed by atoms with Gasteiger partial charge < -0.3 is 29.9 Å². The van der Waals surface area contributed by atoms with Crippen LogP contribution in [0.3, 0.4) is 0 Å². The first-order valence-corrected chi connectivity index (χ1v) is 10.7. The Morgan fingerprint density at radius 2 is 1.83 bits per heavy atom. The Hall–Kier alpha value is -4.81. The molecule has 1 aromatic carbocycles. The fraction of sp³-hybridized carbons (Fsp3) is 0.261. The number of nitrogens with one attached hydrogen (secondary N) is 2. The van der Waals surface area contributed by atoms with Gasteiger partial charge in [0.2, 0.25) is 17.7 Å². The molecule has 4 amide bonds. The Labute approximate surface area is 204 Å². The van der Waals surface area contributed by atoms with E-state index in [0.29, 0.717) is 0 Å². The average Bonchev–Trinajstić information content (AvgIpc) is 3.33. The van der Waals surface area contributed by atoms with Crippen molar-refractivity contribution in [2.24, 2.45) is 0 Å². The van der Waals surface area contributed by atoms with E-state index in [9.17, 15) is 33.6 Å². The normalized spacial score (nSPS) is 15.8. The maximum Gasteiger partial charge on any atom is 0.305 e. The number of amides is 4. The number of ketones is 1. The molecular formula is C23H22N4O9. The number of benzene rings is 1. The van der Waals surface area contributed by atoms with Crippen molar-refractivity contribution >= 4 is 53.0 Å². The van der Waals surface area contributed by atoms with E-state index in [1.54, 1.807) is 12.1 Å². The highest BCUT2D eigenvalue weighted by atomic mass is 16.4. The molecular weight excluding hydrogens is 476 g/mol. The van der Waals surface area contributed by atoms with Crippen molar-refractivity contribution in [3.05, 3.63) is 48.4 Å². The second-order valence-electron chi connectivity index (χ2n) is 7.77. The quantitative estimate of drug-likeness (QED) is 0.240. The summed E-state index contributed by atoms with van der Waals surface area (Å²) in [7, 11) is 0. The van der Waals surface area contributed by atoms with E-state index in [2.05, 4.69) is 10.6 Å². The van der Waals surface area contributed by atoms with Gasteiger partial charge >= 0.3 is 5.97 Å². The lowest BCUT2D eigenvalue weighted by molar-refractivity contribution is -0.139. The Morgan fingerprint density at radius 3 is 2.42 bits per heavy atom. The number of hydrogen-bond acceptors (Lipinski definition) is 8. The summed E-state index contributed by atoms with van der Waals surface area (Å²) in [5.74, 6) is -5.71. The summed E-state index contributed by atoms with van der Waals surface area (Å²) in [4.78, 5) is 87.4. The molecule has 2 heterocycles. The highest BCUT2D eigenvalue weighted by Gasteiger charge is 2.37. The predicted molar refractivity (Wildman–Crippen MR) is 122 cm³/mol. The van der Waals surface area contributed by atoms with Crippen molar-refractivity contribution in [3.8, 4) is 0 Å². The summed E-state index contributed by atoms with van der Waals surface area (Å²) in [5, 5.41) is 13.5. The molecule has 2 atom stereocenters. The molecule has 3 rings (SSSR count). The van der Waals surface area contributed by atoms with Crippen LogP contribution in [0, 0.1) is 0 Å². The number of Topliss-reactive ketones (excluding diaryl/α,β-unsaturated/α-hetero) is 1. The maximum absolute atomic E-state index is 13.2. The molecule has 1 aliphatic heterocycles. The molecule has 0 aliphatic carbocycles. The highest BCUT2D eigenvalue weighted by Crippen LogP contribution is 2.34. The van der Waals surface area contributed by atoms with Gasteiger partial charge in [-0.3, -0.25) is 33.7 Å². The third-order valence-electron chi connectivity index (χ3n) is 5.21. The Morgan fingerprint density at radius 1 is 1.14 bits per heavy atom. The number of rotatable bonds is 9. The van der Waals surface area contributed by atoms with E-state index < -0.39 is 67.0 Å². The standard InChI is InChI=1S/C23H22N4O9/c1-13(29)27-16-6-3-2-5-15(16)26(11-19(30)24-14(12-28)9-21(32)33)20(31)10-18(27)25-23(35)22(34)17-7-4-8-36-17/h2-8,12,14,18H,9-11H2,1H3,(H,24,30)(H,25,35)(H,32,33)/t14-,18-/m0/s1. The van der Waals surface area contributed by atoms with E-state index in [1.165, 1.54) is 37.5 Å². The van der Waals surface area contributed by atoms with Gasteiger partial charge in [0, 0.05) is 6.92 Å². The van der Waals surface area contributed by atoms with Gasteiger partial charge in [-0.05, 0) is 24.3 Å². The molecule has 3 N–H and O–H groups in total. The monoisotopic (exact) mass is 498 g/mol. The number of para-hydroxylation sites is 2. The summed E-state index contributed by atoms with van der Waals surface area (Å²) in [6.07, 6.45) is -0.933. The van der Waals surface area contributed by atoms with Crippen molar-refractivity contribution in [1.82, 2.24) is 10.6 Å². The van der Waals surface area contributed by atoms with Crippen LogP contribution in [0.2, 0.25) is 0 Å². The number of aliphatic carboxylic acids is 1. The van der Waals surface area contributed by atoms with Crippen molar-refractivity contribution < 1.29 is 43.1 Å². The fourth-order valence-corrected chi connectivity index (χ4v) is 3.70. The summed E-state index contributed by atoms with van der Waals surface area (Å²) < 4.78 is 4.94. The molecule has 13 heteroatoms. The van der Waals surface area contributed by atoms with Gasteiger partial charge in [-0.25, -0.2) is 0 Å². The van der Waals surface area contributed by atoms with Crippen molar-refractivity contribution in [2.45, 2.75) is 32.0 Å². The van der Waals surface area contributed by atoms with E-state index in [4.69, 9.17) is 9.52 Å². The van der Waals surface area contributed by atoms with Crippen molar-refractivity contribution in [2.75, 3.05) is 16.3 Å². The Kier molecular flexibility index (Phi) is 7.94. The first-order valence-electron chi connectivity index (χ1n) is 10.7. The molecule has 36 heavy (non-hydrogen) atoms. The minimum atomic E-state index is -1.30. The fourth-order valence-electron chi connectivity index (χ4n) is 3.70. The Balaban J connectivity index is 1.90. The highest BCUT2D eigenvalue weighted by molar-refractivity contribution is 6.42. The zero-order valence-corrected chi connectivity index (χ0v) is 19.0. The number of anilines is 2. The minimum Gasteiger partial charge on any atom is -0.481 e. The molecule has 0 spiro atoms. The third kappa shape index (κ3) is 5.81. The lowest BCUT2D eigenvalue weighted by Gasteiger charge is -2.29. The van der Waals surface area contributed by atoms with Gasteiger partial charge in [0.1, 0.15) is 19.0 Å². The van der Waals surface area contributed by atoms with Crippen LogP contribution in [0.1, 0.15) is 30.3 Å². The number of carbonyl (C=O) groups excluding carboxylic acids is 6. The first-order chi connectivity index (χ1) is 17.1. The molecule has 0 saturated carbocycles. The van der Waals surface area contributed by atoms with E-state index in [-0.39, 0.29) is 23.4 Å². The lowest BCUT2D eigenvalue weighted by atomic mass is 10.2. The molecule has 0 radical (unpaired) electrons. The summed E-state index contributed by atoms with van der Waals surface area (Å²) in [5.41, 5.74) is 0.333. The molecule has 188 valence electrons. The molecule has 1 aromatic heterocycles. The molecule has 0 unspecified atom stereocenters. The number of aldehydes is 1. The van der Waals surface area contributed by atoms with Crippen molar-refractivity contribution in [3.63, 3.8) is 0 Å². The van der Waals surface area contributed by atoms with Gasteiger partial charge in [0.15, 0.2) is 5.76 Å². The molecule has 2 aromatic rings. The number of furan rings is 1. The largest absolute Gasteiger partial charge is 0.481 e. The van der Waals surface area contributed by atoms with Gasteiger partial charge in [-0.1, -0.05) is 12.1 Å². The smallest absolute Gasteiger partial charge is 0.305 e. The van der Waals surface area contributed by atoms with E-state index >= 15 is 0 Å². The molecule has 1 aliphatic rings. The van der Waals surface area contributed by atoms with E-state index in [0.717, 1.165) is 9.80 Å². The molecule has 0 fully saturated rings. The zero-order valence-electron chi connectivity index (χ0n) is 19.0. The Bertz CT molecular complexity index is 1210. The zero-order chi connectivity index (χ0) is 26.4. The van der Waals surface area contributed by atoms with Crippen LogP contribution in [0.5, 0.6) is 0 Å². The lowest BCUT2D eigenvalue weighted by Crippen LogP contribution is -2.53. The van der Waals surface area contributed by atoms with Gasteiger partial charge in [0.25, 0.3) is 11.7 Å². The SMILES string of the molecule is CC(=O)N1c2ccccc2N(CC(=O)N[C@H](C=O)CC(=O)O)C(=O)C[C@H]1NC(=O)C(=O)c1ccco1. The average molecular weight is 498 g/mol. The van der Waals surface area contributed by atoms with Crippen LogP contribution in [0.4, 0.5) is 11.4 Å². The second kappa shape index (κ2) is 11.1. The number of fused-ring (bicyclic) bond motifs is 1. The van der Waals surface area contributed by atoms with Crippen LogP contribution >= 0.6 is 0 Å². The van der Waals surface area contributed by atoms with Crippen LogP contribution in [-0.4, -0.2) is 65.5 Å². The number of nitrogens with zero attached hydrogens (tertiary/aromatic N) is 2. The summed E-state index contributed by atoms with van der Waals surface area (Å²) in [6.45, 7) is 0.606. The molecule has 0 saturated heterocycles. The summed E-state index contributed by atoms with van der Waals surface area (Å²) in [6, 6.07) is 7.51. The van der Waals surface area contributed by atoms with Gasteiger partial charge in [-0.15, -0.1) is 0 Å². The molecule has 13 nitrogen and oxygen atoms in total. The third-order valence-corrected chi connectivity index (χ3v) is 5.21. The summed E-state index contributed by atoms with van der Waals surface area (Å²) >= 11 is 0. The topological polar surface area (TPSA) is 183 Å². The van der Waals surface area contributed by atoms with E-state index in [1.807, 2.05) is 0 Å². The first kappa shape index (κ1) is 25.8. The van der Waals surface area contributed by atoms with Crippen LogP contribution in [0.15, 0.2) is 47.1 Å². The minimum absolute atomic E-state index is 0.155. The van der Waals surface area contributed by atoms with Crippen LogP contribution in [0.25, 0.3) is 0 Å². The number of carboxylic acids is 1. The number of hydrogen-bond donors (Lipinski definition) is 3. The number of carboxylic acid groups (broad SMARTS) is 1. The van der Waals surface area contributed by atoms with Crippen molar-refractivity contribution in [1.29, 1.82) is 0 Å². The van der Waals surface area contributed by atoms with Gasteiger partial charge in [0.05, 0.1) is 36.5 Å². The number of carbonyl (C=O) groups is 7. The predicted octanol–water partition coefficient (Wildman–Crippen LogP) is -0.147. The van der Waals surface area contributed by atoms with Crippen LogP contribution < -0.4 is 20.4 Å². The second-order valence-corrected chi connectivity index (χ2v) is 7.77. The van der Waals surface area contributed by atoms with Crippen LogP contribution in [-0.2, 0) is 28.8 Å².